The van der Waals surface area contributed by atoms with Crippen LogP contribution in [0.2, 0.25) is 0 Å². The van der Waals surface area contributed by atoms with Crippen molar-refractivity contribution in [2.24, 2.45) is 5.41 Å². The van der Waals surface area contributed by atoms with Crippen LogP contribution in [0, 0.1) is 5.41 Å². The lowest BCUT2D eigenvalue weighted by Gasteiger charge is -2.36. The van der Waals surface area contributed by atoms with Crippen LogP contribution in [0.3, 0.4) is 0 Å². The number of carbonyl (C=O) groups is 4. The van der Waals surface area contributed by atoms with Crippen LogP contribution in [-0.2, 0) is 37.9 Å². The van der Waals surface area contributed by atoms with E-state index in [2.05, 4.69) is 0 Å². The molecule has 0 saturated heterocycles. The van der Waals surface area contributed by atoms with E-state index >= 15 is 0 Å². The summed E-state index contributed by atoms with van der Waals surface area (Å²) in [5.74, 6) is -1.99. The third-order valence-corrected chi connectivity index (χ3v) is 11.0. The van der Waals surface area contributed by atoms with Gasteiger partial charge in [-0.25, -0.2) is 19.2 Å². The molecule has 16 heteroatoms. The summed E-state index contributed by atoms with van der Waals surface area (Å²) in [7, 11) is 15.3. The minimum Gasteiger partial charge on any atom is -0.459 e. The fourth-order valence-corrected chi connectivity index (χ4v) is 6.41. The quantitative estimate of drug-likeness (QED) is 0.0413. The van der Waals surface area contributed by atoms with Crippen molar-refractivity contribution in [3.05, 3.63) is 119 Å². The van der Waals surface area contributed by atoms with Crippen molar-refractivity contribution in [2.75, 3.05) is 129 Å². The molecule has 0 amide bonds. The van der Waals surface area contributed by atoms with Crippen LogP contribution in [0.1, 0.15) is 69.1 Å². The number of hydrogen-bond donors (Lipinski definition) is 0. The van der Waals surface area contributed by atoms with E-state index in [1.807, 2.05) is 125 Å². The van der Waals surface area contributed by atoms with Gasteiger partial charge in [0.15, 0.2) is 0 Å². The fourth-order valence-electron chi connectivity index (χ4n) is 6.41. The van der Waals surface area contributed by atoms with Crippen molar-refractivity contribution in [3.63, 3.8) is 0 Å². The van der Waals surface area contributed by atoms with Crippen LogP contribution in [0.25, 0.3) is 0 Å². The number of ether oxygens (including phenoxy) is 8. The van der Waals surface area contributed by atoms with Crippen molar-refractivity contribution in [1.82, 2.24) is 0 Å². The zero-order valence-corrected chi connectivity index (χ0v) is 42.4. The van der Waals surface area contributed by atoms with Gasteiger partial charge >= 0.3 is 23.9 Å². The van der Waals surface area contributed by atoms with E-state index in [0.717, 1.165) is 22.7 Å². The Labute approximate surface area is 408 Å². The topological polar surface area (TPSA) is 155 Å². The molecule has 0 radical (unpaired) electrons. The SMILES string of the molecule is CC(COC(=O)c1ccc(N(C)C)cc1)OCC(COC(C)COC(=O)c1ccc(N(C)C)cc1)(COC(C)COC(=O)c1ccc(N(C)C)cc1)COC(C)COC(=O)c1ccc(N(C)C)cc1. The van der Waals surface area contributed by atoms with Crippen molar-refractivity contribution in [2.45, 2.75) is 52.1 Å². The molecule has 0 aliphatic rings. The van der Waals surface area contributed by atoms with Gasteiger partial charge in [0.25, 0.3) is 0 Å². The molecule has 0 bridgehead atoms. The van der Waals surface area contributed by atoms with Gasteiger partial charge in [0, 0.05) is 79.1 Å². The van der Waals surface area contributed by atoms with Gasteiger partial charge in [-0.15, -0.1) is 0 Å². The molecule has 4 unspecified atom stereocenters. The Bertz CT molecular complexity index is 1880. The Kier molecular flexibility index (Phi) is 21.8. The molecule has 0 aliphatic heterocycles. The Morgan fingerprint density at radius 3 is 0.681 bits per heavy atom. The zero-order chi connectivity index (χ0) is 50.7. The first-order valence-corrected chi connectivity index (χ1v) is 23.0. The first-order valence-electron chi connectivity index (χ1n) is 23.0. The highest BCUT2D eigenvalue weighted by atomic mass is 16.6. The minimum absolute atomic E-state index is 0.0105. The van der Waals surface area contributed by atoms with E-state index in [4.69, 9.17) is 37.9 Å². The Balaban J connectivity index is 1.50. The molecule has 0 aromatic heterocycles. The summed E-state index contributed by atoms with van der Waals surface area (Å²) in [5, 5.41) is 0. The maximum Gasteiger partial charge on any atom is 0.338 e. The minimum atomic E-state index is -1.05. The Morgan fingerprint density at radius 2 is 0.522 bits per heavy atom. The number of benzene rings is 4. The molecule has 0 fully saturated rings. The summed E-state index contributed by atoms with van der Waals surface area (Å²) in [6.07, 6.45) is -2.33. The predicted molar refractivity (Wildman–Crippen MR) is 268 cm³/mol. The van der Waals surface area contributed by atoms with E-state index in [1.165, 1.54) is 0 Å². The second kappa shape index (κ2) is 27.1. The molecule has 376 valence electrons. The number of anilines is 4. The number of carbonyl (C=O) groups excluding carboxylic acids is 4. The normalized spacial score (nSPS) is 13.7. The molecule has 0 saturated carbocycles. The standard InChI is InChI=1S/C53H72N4O12/c1-37(29-62-49(58)41-13-21-45(22-14-41)54(5)6)66-33-53(34-67-38(2)30-63-50(59)42-15-23-46(24-16-42)55(7)8,35-68-39(3)31-64-51(60)43-17-25-47(26-18-43)56(9)10)36-69-40(4)32-65-52(61)44-19-27-48(28-20-44)57(11)12/h13-28,37-40H,29-36H2,1-12H3. The lowest BCUT2D eigenvalue weighted by Crippen LogP contribution is -2.46. The Morgan fingerprint density at radius 1 is 0.348 bits per heavy atom. The monoisotopic (exact) mass is 957 g/mol. The van der Waals surface area contributed by atoms with Crippen molar-refractivity contribution < 1.29 is 57.1 Å². The lowest BCUT2D eigenvalue weighted by atomic mass is 9.91. The summed E-state index contributed by atoms with van der Waals surface area (Å²) in [4.78, 5) is 59.8. The smallest absolute Gasteiger partial charge is 0.338 e. The first-order chi connectivity index (χ1) is 32.7. The van der Waals surface area contributed by atoms with Gasteiger partial charge in [-0.3, -0.25) is 0 Å². The van der Waals surface area contributed by atoms with E-state index in [1.54, 1.807) is 76.2 Å². The molecule has 0 N–H and O–H groups in total. The molecular formula is C53H72N4O12. The molecule has 4 rings (SSSR count). The lowest BCUT2D eigenvalue weighted by molar-refractivity contribution is -0.154. The van der Waals surface area contributed by atoms with Crippen molar-refractivity contribution in [3.8, 4) is 0 Å². The van der Waals surface area contributed by atoms with E-state index in [-0.39, 0.29) is 52.9 Å². The van der Waals surface area contributed by atoms with Gasteiger partial charge in [0.2, 0.25) is 0 Å². The second-order valence-corrected chi connectivity index (χ2v) is 18.1. The number of esters is 4. The average Bonchev–Trinajstić information content (AvgIpc) is 3.35. The molecular weight excluding hydrogens is 885 g/mol. The van der Waals surface area contributed by atoms with Gasteiger partial charge in [-0.2, -0.15) is 0 Å². The molecule has 0 aliphatic carbocycles. The van der Waals surface area contributed by atoms with Crippen LogP contribution in [0.15, 0.2) is 97.1 Å². The predicted octanol–water partition coefficient (Wildman–Crippen LogP) is 7.29. The molecule has 4 aromatic rings. The van der Waals surface area contributed by atoms with Crippen molar-refractivity contribution >= 4 is 46.6 Å². The number of nitrogens with zero attached hydrogens (tertiary/aromatic N) is 4. The molecule has 0 heterocycles. The number of rotatable bonds is 28. The average molecular weight is 957 g/mol. The van der Waals surface area contributed by atoms with Gasteiger partial charge in [-0.1, -0.05) is 0 Å². The second-order valence-electron chi connectivity index (χ2n) is 18.1. The Hall–Kier alpha value is -6.20. The van der Waals surface area contributed by atoms with Gasteiger partial charge < -0.3 is 57.5 Å². The molecule has 0 spiro atoms. The fraction of sp³-hybridized carbons (Fsp3) is 0.472. The first kappa shape index (κ1) is 55.4. The summed E-state index contributed by atoms with van der Waals surface area (Å²) >= 11 is 0. The third kappa shape index (κ3) is 18.3. The summed E-state index contributed by atoms with van der Waals surface area (Å²) < 4.78 is 48.2. The van der Waals surface area contributed by atoms with Crippen LogP contribution >= 0.6 is 0 Å². The maximum atomic E-state index is 13.0. The van der Waals surface area contributed by atoms with Crippen LogP contribution in [-0.4, -0.2) is 158 Å². The molecule has 4 atom stereocenters. The van der Waals surface area contributed by atoms with Gasteiger partial charge in [-0.05, 0) is 125 Å². The summed E-state index contributed by atoms with van der Waals surface area (Å²) in [6.45, 7) is 6.85. The third-order valence-electron chi connectivity index (χ3n) is 11.0. The van der Waals surface area contributed by atoms with E-state index in [9.17, 15) is 19.2 Å². The van der Waals surface area contributed by atoms with Crippen molar-refractivity contribution in [1.29, 1.82) is 0 Å². The number of hydrogen-bond acceptors (Lipinski definition) is 16. The molecule has 16 nitrogen and oxygen atoms in total. The zero-order valence-electron chi connectivity index (χ0n) is 42.4. The summed E-state index contributed by atoms with van der Waals surface area (Å²) in [5.41, 5.74) is 4.32. The molecule has 4 aromatic carbocycles. The van der Waals surface area contributed by atoms with Crippen LogP contribution in [0.4, 0.5) is 22.7 Å². The highest BCUT2D eigenvalue weighted by Gasteiger charge is 2.36. The van der Waals surface area contributed by atoms with Gasteiger partial charge in [0.05, 0.1) is 78.5 Å². The summed E-state index contributed by atoms with van der Waals surface area (Å²) in [6, 6.07) is 28.4. The highest BCUT2D eigenvalue weighted by molar-refractivity contribution is 5.91. The largest absolute Gasteiger partial charge is 0.459 e. The van der Waals surface area contributed by atoms with E-state index in [0.29, 0.717) is 22.3 Å². The molecule has 69 heavy (non-hydrogen) atoms. The highest BCUT2D eigenvalue weighted by Crippen LogP contribution is 2.25. The van der Waals surface area contributed by atoms with E-state index < -0.39 is 53.7 Å². The van der Waals surface area contributed by atoms with Crippen LogP contribution in [0.5, 0.6) is 0 Å². The van der Waals surface area contributed by atoms with Gasteiger partial charge in [0.1, 0.15) is 26.4 Å². The van der Waals surface area contributed by atoms with Crippen LogP contribution < -0.4 is 19.6 Å². The maximum absolute atomic E-state index is 13.0.